The van der Waals surface area contributed by atoms with Crippen LogP contribution in [-0.2, 0) is 66.4 Å². The number of methoxy groups -OCH3 is 4. The Balaban J connectivity index is 1.36. The van der Waals surface area contributed by atoms with E-state index < -0.39 is 159 Å². The molecule has 5 saturated heterocycles. The highest BCUT2D eigenvalue weighted by molar-refractivity contribution is 5.73. The van der Waals surface area contributed by atoms with Gasteiger partial charge in [0.05, 0.1) is 24.4 Å². The summed E-state index contributed by atoms with van der Waals surface area (Å²) in [5, 5.41) is 97.7. The molecule has 5 fully saturated rings. The highest BCUT2D eigenvalue weighted by atomic mass is 16.8. The van der Waals surface area contributed by atoms with Gasteiger partial charge in [-0.2, -0.15) is 0 Å². The first-order chi connectivity index (χ1) is 27.2. The molecule has 5 aliphatic heterocycles. The van der Waals surface area contributed by atoms with Crippen LogP contribution in [0.25, 0.3) is 0 Å². The molecule has 5 rings (SSSR count). The number of carbonyl (C=O) groups is 1. The molecule has 23 nitrogen and oxygen atoms in total. The lowest BCUT2D eigenvalue weighted by Gasteiger charge is -2.54. The number of hydrogen-bond acceptors (Lipinski definition) is 22. The minimum Gasteiger partial charge on any atom is -0.479 e. The summed E-state index contributed by atoms with van der Waals surface area (Å²) < 4.78 is 74.9. The van der Waals surface area contributed by atoms with Crippen molar-refractivity contribution >= 4 is 5.97 Å². The molecule has 0 aromatic carbocycles. The van der Waals surface area contributed by atoms with Crippen LogP contribution >= 0.6 is 0 Å². The summed E-state index contributed by atoms with van der Waals surface area (Å²) >= 11 is 0. The molecule has 0 radical (unpaired) electrons. The Bertz CT molecular complexity index is 1330. The molecule has 338 valence electrons. The van der Waals surface area contributed by atoms with Crippen LogP contribution < -0.4 is 0 Å². The molecule has 0 aromatic rings. The molecule has 23 heteroatoms. The first-order valence-electron chi connectivity index (χ1n) is 19.0. The first-order valence-corrected chi connectivity index (χ1v) is 19.0. The first kappa shape index (κ1) is 47.7. The van der Waals surface area contributed by atoms with Gasteiger partial charge in [-0.1, -0.05) is 0 Å². The molecule has 58 heavy (non-hydrogen) atoms. The number of aliphatic hydroxyl groups is 8. The second-order valence-electron chi connectivity index (χ2n) is 15.4. The van der Waals surface area contributed by atoms with Crippen LogP contribution in [0.4, 0.5) is 0 Å². The Morgan fingerprint density at radius 2 is 0.914 bits per heavy atom. The lowest BCUT2D eigenvalue weighted by atomic mass is 9.84. The third-order valence-corrected chi connectivity index (χ3v) is 11.6. The average molecular weight is 849 g/mol. The monoisotopic (exact) mass is 848 g/mol. The molecule has 0 saturated carbocycles. The van der Waals surface area contributed by atoms with Crippen molar-refractivity contribution in [3.63, 3.8) is 0 Å². The van der Waals surface area contributed by atoms with Crippen molar-refractivity contribution in [2.45, 2.75) is 188 Å². The van der Waals surface area contributed by atoms with E-state index in [1.807, 2.05) is 0 Å². The summed E-state index contributed by atoms with van der Waals surface area (Å²) in [4.78, 5) is 12.2. The molecule has 5 heterocycles. The minimum atomic E-state index is -1.85. The molecule has 0 unspecified atom stereocenters. The van der Waals surface area contributed by atoms with Crippen molar-refractivity contribution in [1.82, 2.24) is 0 Å². The predicted octanol–water partition coefficient (Wildman–Crippen LogP) is -4.72. The Morgan fingerprint density at radius 3 is 1.40 bits per heavy atom. The summed E-state index contributed by atoms with van der Waals surface area (Å²) in [6.45, 7) is 7.42. The van der Waals surface area contributed by atoms with Crippen molar-refractivity contribution in [2.75, 3.05) is 28.4 Å². The molecule has 9 N–H and O–H groups in total. The average Bonchev–Trinajstić information content (AvgIpc) is 3.17. The van der Waals surface area contributed by atoms with Crippen molar-refractivity contribution in [2.24, 2.45) is 0 Å². The van der Waals surface area contributed by atoms with Crippen LogP contribution in [0.15, 0.2) is 0 Å². The standard InChI is InChI=1S/C35H60O23/c1-10-14(36)17(39)24(30(45)50-10)56-32-18(40)21(15(37)11(2)52-32)54-31-19(41)22(16(38)12(3)51-31)55-34-28(49-9)35(5,27(48-8)13(4)53-34)58-33-20(42)23(46-6)25(47-7)26(57-33)29(43)44/h10-28,30-34,36-42,45H,1-9H3,(H,43,44)/t10-,11-,12-,13-,14+,15-,16-,17+,18+,19+,20+,21+,22+,23+,24+,25-,26-,27-,28-,30+,31-,32-,33-,34-,35+/m0/s1. The number of aliphatic carboxylic acids is 1. The van der Waals surface area contributed by atoms with Crippen molar-refractivity contribution in [1.29, 1.82) is 0 Å². The summed E-state index contributed by atoms with van der Waals surface area (Å²) in [7, 11) is 5.14. The smallest absolute Gasteiger partial charge is 0.335 e. The van der Waals surface area contributed by atoms with Gasteiger partial charge in [0, 0.05) is 28.4 Å². The SMILES string of the molecule is CO[C@@H]1[C@@H](O)[C@H](O[C@@]2(C)[C@@H](OC)[C@H](O[C@@H]3[C@@H](O)[C@H](C)O[C@@H](O[C@@H]4[C@@H](O)[C@H](C)O[C@@H](O[C@@H]5[C@H](O)[C@H](O)[C@H](C)O[C@H]5O)[C@@H]4O)[C@@H]3O)O[C@@H](C)[C@@H]2OC)O[C@H](C(=O)O)[C@H]1OC. The van der Waals surface area contributed by atoms with E-state index in [0.29, 0.717) is 0 Å². The van der Waals surface area contributed by atoms with Crippen LogP contribution in [0.1, 0.15) is 34.6 Å². The number of hydrogen-bond donors (Lipinski definition) is 9. The zero-order valence-electron chi connectivity index (χ0n) is 33.6. The largest absolute Gasteiger partial charge is 0.479 e. The summed E-state index contributed by atoms with van der Waals surface area (Å²) in [6.07, 6.45) is -34.9. The number of rotatable bonds is 13. The topological polar surface area (TPSA) is 319 Å². The molecule has 0 aliphatic carbocycles. The van der Waals surface area contributed by atoms with Crippen LogP contribution in [0.2, 0.25) is 0 Å². The fourth-order valence-corrected chi connectivity index (χ4v) is 8.33. The maximum atomic E-state index is 12.2. The molecule has 0 bridgehead atoms. The second kappa shape index (κ2) is 19.3. The molecule has 0 spiro atoms. The van der Waals surface area contributed by atoms with E-state index in [2.05, 4.69) is 0 Å². The van der Waals surface area contributed by atoms with Crippen LogP contribution in [0.5, 0.6) is 0 Å². The van der Waals surface area contributed by atoms with E-state index in [9.17, 15) is 50.8 Å². The fraction of sp³-hybridized carbons (Fsp3) is 0.971. The molecular weight excluding hydrogens is 788 g/mol. The number of carboxylic acids is 1. The second-order valence-corrected chi connectivity index (χ2v) is 15.4. The van der Waals surface area contributed by atoms with Gasteiger partial charge in [-0.25, -0.2) is 4.79 Å². The van der Waals surface area contributed by atoms with Crippen LogP contribution in [0, 0.1) is 0 Å². The fourth-order valence-electron chi connectivity index (χ4n) is 8.33. The number of aliphatic hydroxyl groups excluding tert-OH is 8. The predicted molar refractivity (Wildman–Crippen MR) is 185 cm³/mol. The molecule has 5 aliphatic rings. The van der Waals surface area contributed by atoms with Gasteiger partial charge in [0.2, 0.25) is 0 Å². The van der Waals surface area contributed by atoms with Crippen LogP contribution in [-0.4, -0.2) is 233 Å². The van der Waals surface area contributed by atoms with E-state index in [1.54, 1.807) is 6.92 Å². The Hall–Kier alpha value is -1.37. The van der Waals surface area contributed by atoms with Gasteiger partial charge >= 0.3 is 5.97 Å². The number of carboxylic acid groups (broad SMARTS) is 1. The highest BCUT2D eigenvalue weighted by Crippen LogP contribution is 2.42. The summed E-state index contributed by atoms with van der Waals surface area (Å²) in [5.74, 6) is -1.41. The van der Waals surface area contributed by atoms with Gasteiger partial charge in [-0.3, -0.25) is 0 Å². The van der Waals surface area contributed by atoms with Gasteiger partial charge in [-0.15, -0.1) is 0 Å². The Morgan fingerprint density at radius 1 is 0.466 bits per heavy atom. The third-order valence-electron chi connectivity index (χ3n) is 11.6. The summed E-state index contributed by atoms with van der Waals surface area (Å²) in [5.41, 5.74) is -1.68. The van der Waals surface area contributed by atoms with E-state index >= 15 is 0 Å². The maximum Gasteiger partial charge on any atom is 0.335 e. The maximum absolute atomic E-state index is 12.2. The molecule has 0 aromatic heterocycles. The van der Waals surface area contributed by atoms with E-state index in [0.717, 1.165) is 0 Å². The molecular formula is C35H60O23. The third kappa shape index (κ3) is 9.07. The zero-order chi connectivity index (χ0) is 43.1. The van der Waals surface area contributed by atoms with Crippen molar-refractivity contribution in [3.05, 3.63) is 0 Å². The van der Waals surface area contributed by atoms with Gasteiger partial charge in [0.25, 0.3) is 0 Å². The van der Waals surface area contributed by atoms with Gasteiger partial charge in [0.1, 0.15) is 91.1 Å². The van der Waals surface area contributed by atoms with Gasteiger partial charge in [-0.05, 0) is 34.6 Å². The minimum absolute atomic E-state index is 0.882. The van der Waals surface area contributed by atoms with E-state index in [1.165, 1.54) is 56.1 Å². The quantitative estimate of drug-likeness (QED) is 0.0841. The molecule has 25 atom stereocenters. The van der Waals surface area contributed by atoms with Gasteiger partial charge < -0.3 is 108 Å². The number of ether oxygens (including phenoxy) is 13. The van der Waals surface area contributed by atoms with Crippen molar-refractivity contribution < 1.29 is 112 Å². The van der Waals surface area contributed by atoms with Gasteiger partial charge in [0.15, 0.2) is 37.6 Å². The zero-order valence-corrected chi connectivity index (χ0v) is 33.6. The Kier molecular flexibility index (Phi) is 15.9. The van der Waals surface area contributed by atoms with Crippen LogP contribution in [0.3, 0.4) is 0 Å². The van der Waals surface area contributed by atoms with E-state index in [4.69, 9.17) is 61.6 Å². The molecule has 0 amide bonds. The highest BCUT2D eigenvalue weighted by Gasteiger charge is 2.61. The van der Waals surface area contributed by atoms with E-state index in [-0.39, 0.29) is 0 Å². The lowest BCUT2D eigenvalue weighted by molar-refractivity contribution is -0.406. The lowest BCUT2D eigenvalue weighted by Crippen LogP contribution is -2.71. The summed E-state index contributed by atoms with van der Waals surface area (Å²) in [6, 6.07) is 0. The Labute approximate surface area is 334 Å². The normalized spacial score (nSPS) is 53.0. The van der Waals surface area contributed by atoms with Crippen molar-refractivity contribution in [3.8, 4) is 0 Å².